The lowest BCUT2D eigenvalue weighted by Crippen LogP contribution is -2.35. The predicted octanol–water partition coefficient (Wildman–Crippen LogP) is 4.85. The topological polar surface area (TPSA) is 107 Å². The van der Waals surface area contributed by atoms with Crippen LogP contribution in [0.1, 0.15) is 36.8 Å². The van der Waals surface area contributed by atoms with Crippen molar-refractivity contribution in [3.05, 3.63) is 65.5 Å². The predicted molar refractivity (Wildman–Crippen MR) is 123 cm³/mol. The molecular weight excluding hydrogens is 451 g/mol. The fraction of sp³-hybridized carbons (Fsp3) is 0.304. The summed E-state index contributed by atoms with van der Waals surface area (Å²) < 4.78 is 43.8. The summed E-state index contributed by atoms with van der Waals surface area (Å²) >= 11 is 0. The first kappa shape index (κ1) is 26.4. The Hall–Kier alpha value is -3.89. The summed E-state index contributed by atoms with van der Waals surface area (Å²) in [5.74, 6) is -0.359. The van der Waals surface area contributed by atoms with Crippen molar-refractivity contribution in [3.63, 3.8) is 0 Å². The van der Waals surface area contributed by atoms with Crippen molar-refractivity contribution in [1.82, 2.24) is 10.3 Å². The van der Waals surface area contributed by atoms with Crippen molar-refractivity contribution in [2.75, 3.05) is 23.8 Å². The van der Waals surface area contributed by atoms with E-state index >= 15 is 0 Å². The average molecular weight is 477 g/mol. The highest BCUT2D eigenvalue weighted by Gasteiger charge is 2.30. The van der Waals surface area contributed by atoms with Gasteiger partial charge < -0.3 is 20.8 Å². The Morgan fingerprint density at radius 3 is 2.44 bits per heavy atom. The molecule has 1 heterocycles. The van der Waals surface area contributed by atoms with E-state index < -0.39 is 29.3 Å². The number of nitrogens with zero attached hydrogens (tertiary/aromatic N) is 2. The lowest BCUT2D eigenvalue weighted by molar-refractivity contribution is -0.137. The number of benzene rings is 1. The third-order valence-corrected chi connectivity index (χ3v) is 4.23. The van der Waals surface area contributed by atoms with Crippen molar-refractivity contribution < 1.29 is 27.5 Å². The monoisotopic (exact) mass is 477 g/mol. The SMILES string of the molecule is CN(C(=O)OC(C)(C)C)c1cccc(C(=O)NC/C(C=N)=C/Nc2cccc(C(F)(F)F)c2)n1. The quantitative estimate of drug-likeness (QED) is 0.495. The highest BCUT2D eigenvalue weighted by molar-refractivity contribution is 5.94. The Kier molecular flexibility index (Phi) is 8.39. The van der Waals surface area contributed by atoms with Crippen LogP contribution in [0.25, 0.3) is 0 Å². The zero-order chi connectivity index (χ0) is 25.5. The Morgan fingerprint density at radius 2 is 1.82 bits per heavy atom. The minimum absolute atomic E-state index is 0.0306. The highest BCUT2D eigenvalue weighted by atomic mass is 19.4. The second-order valence-corrected chi connectivity index (χ2v) is 8.19. The number of amides is 2. The van der Waals surface area contributed by atoms with E-state index in [1.807, 2.05) is 0 Å². The average Bonchev–Trinajstić information content (AvgIpc) is 2.77. The van der Waals surface area contributed by atoms with Crippen LogP contribution in [0.3, 0.4) is 0 Å². The number of carbonyl (C=O) groups excluding carboxylic acids is 2. The minimum atomic E-state index is -4.47. The molecule has 0 aliphatic heterocycles. The fourth-order valence-electron chi connectivity index (χ4n) is 2.54. The molecule has 2 amide bonds. The Bertz CT molecular complexity index is 1080. The van der Waals surface area contributed by atoms with E-state index in [0.29, 0.717) is 5.57 Å². The molecule has 11 heteroatoms. The zero-order valence-corrected chi connectivity index (χ0v) is 19.2. The van der Waals surface area contributed by atoms with Crippen LogP contribution in [-0.4, -0.2) is 42.4 Å². The van der Waals surface area contributed by atoms with Gasteiger partial charge in [-0.25, -0.2) is 9.78 Å². The molecule has 0 aliphatic rings. The van der Waals surface area contributed by atoms with E-state index in [0.717, 1.165) is 18.3 Å². The summed E-state index contributed by atoms with van der Waals surface area (Å²) in [5.41, 5.74) is -0.994. The van der Waals surface area contributed by atoms with Gasteiger partial charge in [-0.1, -0.05) is 12.1 Å². The van der Waals surface area contributed by atoms with Crippen LogP contribution in [0.5, 0.6) is 0 Å². The number of hydrogen-bond acceptors (Lipinski definition) is 6. The van der Waals surface area contributed by atoms with Gasteiger partial charge in [0.05, 0.1) is 5.56 Å². The molecule has 0 spiro atoms. The molecule has 34 heavy (non-hydrogen) atoms. The van der Waals surface area contributed by atoms with Gasteiger partial charge in [0.2, 0.25) is 0 Å². The maximum Gasteiger partial charge on any atom is 0.416 e. The Balaban J connectivity index is 2.03. The van der Waals surface area contributed by atoms with Crippen LogP contribution in [0.15, 0.2) is 54.2 Å². The molecule has 0 saturated heterocycles. The number of hydrogen-bond donors (Lipinski definition) is 3. The van der Waals surface area contributed by atoms with Gasteiger partial charge in [0, 0.05) is 37.3 Å². The normalized spacial score (nSPS) is 12.0. The first-order valence-corrected chi connectivity index (χ1v) is 10.2. The number of nitrogens with one attached hydrogen (secondary N) is 3. The summed E-state index contributed by atoms with van der Waals surface area (Å²) in [6.45, 7) is 5.10. The first-order valence-electron chi connectivity index (χ1n) is 10.2. The number of ether oxygens (including phenoxy) is 1. The molecule has 0 radical (unpaired) electrons. The zero-order valence-electron chi connectivity index (χ0n) is 19.2. The summed E-state index contributed by atoms with van der Waals surface area (Å²) in [4.78, 5) is 30.1. The van der Waals surface area contributed by atoms with Crippen molar-refractivity contribution >= 4 is 29.7 Å². The van der Waals surface area contributed by atoms with Crippen LogP contribution in [0, 0.1) is 5.41 Å². The molecule has 0 fully saturated rings. The molecule has 0 saturated carbocycles. The maximum atomic E-state index is 12.8. The lowest BCUT2D eigenvalue weighted by Gasteiger charge is -2.24. The standard InChI is InChI=1S/C23H26F3N5O3/c1-22(2,3)34-21(33)31(4)19-10-6-9-18(30-19)20(32)29-14-15(12-27)13-28-17-8-5-7-16(11-17)23(24,25)26/h5-13,27-28H,14H2,1-4H3,(H,29,32)/b15-13+,27-12?. The molecule has 2 rings (SSSR count). The molecule has 0 aliphatic carbocycles. The van der Waals surface area contributed by atoms with E-state index in [1.165, 1.54) is 36.3 Å². The first-order chi connectivity index (χ1) is 15.8. The van der Waals surface area contributed by atoms with E-state index in [1.54, 1.807) is 32.9 Å². The molecule has 8 nitrogen and oxygen atoms in total. The minimum Gasteiger partial charge on any atom is -0.443 e. The van der Waals surface area contributed by atoms with Crippen molar-refractivity contribution in [3.8, 4) is 0 Å². The van der Waals surface area contributed by atoms with Gasteiger partial charge >= 0.3 is 12.3 Å². The van der Waals surface area contributed by atoms with E-state index in [-0.39, 0.29) is 23.7 Å². The van der Waals surface area contributed by atoms with Crippen molar-refractivity contribution in [1.29, 1.82) is 5.41 Å². The number of rotatable bonds is 7. The van der Waals surface area contributed by atoms with Gasteiger partial charge in [0.1, 0.15) is 17.1 Å². The van der Waals surface area contributed by atoms with Gasteiger partial charge in [0.15, 0.2) is 0 Å². The number of alkyl halides is 3. The molecule has 0 atom stereocenters. The summed E-state index contributed by atoms with van der Waals surface area (Å²) in [6.07, 6.45) is -2.82. The number of halogens is 3. The van der Waals surface area contributed by atoms with Gasteiger partial charge in [-0.2, -0.15) is 13.2 Å². The second kappa shape index (κ2) is 10.8. The van der Waals surface area contributed by atoms with Crippen molar-refractivity contribution in [2.45, 2.75) is 32.5 Å². The van der Waals surface area contributed by atoms with Gasteiger partial charge in [-0.05, 0) is 51.1 Å². The van der Waals surface area contributed by atoms with E-state index in [9.17, 15) is 22.8 Å². The summed E-state index contributed by atoms with van der Waals surface area (Å²) in [5, 5.41) is 12.8. The Morgan fingerprint density at radius 1 is 1.15 bits per heavy atom. The van der Waals surface area contributed by atoms with E-state index in [2.05, 4.69) is 15.6 Å². The van der Waals surface area contributed by atoms with Gasteiger partial charge in [0.25, 0.3) is 5.91 Å². The second-order valence-electron chi connectivity index (χ2n) is 8.19. The molecule has 0 bridgehead atoms. The van der Waals surface area contributed by atoms with Crippen molar-refractivity contribution in [2.24, 2.45) is 0 Å². The molecule has 1 aromatic carbocycles. The largest absolute Gasteiger partial charge is 0.443 e. The third-order valence-electron chi connectivity index (χ3n) is 4.23. The van der Waals surface area contributed by atoms with Crippen LogP contribution >= 0.6 is 0 Å². The van der Waals surface area contributed by atoms with Gasteiger partial charge in [-0.3, -0.25) is 9.69 Å². The maximum absolute atomic E-state index is 12.8. The Labute approximate surface area is 195 Å². The third kappa shape index (κ3) is 7.91. The molecule has 3 N–H and O–H groups in total. The van der Waals surface area contributed by atoms with Crippen LogP contribution in [-0.2, 0) is 10.9 Å². The highest BCUT2D eigenvalue weighted by Crippen LogP contribution is 2.30. The lowest BCUT2D eigenvalue weighted by atomic mass is 10.2. The molecule has 1 aromatic heterocycles. The molecule has 0 unspecified atom stereocenters. The number of pyridine rings is 1. The van der Waals surface area contributed by atoms with Crippen LogP contribution in [0.2, 0.25) is 0 Å². The number of anilines is 2. The smallest absolute Gasteiger partial charge is 0.416 e. The summed E-state index contributed by atoms with van der Waals surface area (Å²) in [7, 11) is 1.47. The number of aromatic nitrogens is 1. The number of carbonyl (C=O) groups is 2. The van der Waals surface area contributed by atoms with Crippen LogP contribution < -0.4 is 15.5 Å². The van der Waals surface area contributed by atoms with E-state index in [4.69, 9.17) is 10.1 Å². The summed E-state index contributed by atoms with van der Waals surface area (Å²) in [6, 6.07) is 9.15. The fourth-order valence-corrected chi connectivity index (χ4v) is 2.54. The molecule has 182 valence electrons. The van der Waals surface area contributed by atoms with Gasteiger partial charge in [-0.15, -0.1) is 0 Å². The van der Waals surface area contributed by atoms with Crippen LogP contribution in [0.4, 0.5) is 29.5 Å². The molecular formula is C23H26F3N5O3. The molecule has 2 aromatic rings.